The first kappa shape index (κ1) is 13.6. The van der Waals surface area contributed by atoms with E-state index in [2.05, 4.69) is 4.98 Å². The molecule has 0 aliphatic carbocycles. The van der Waals surface area contributed by atoms with Gasteiger partial charge in [-0.1, -0.05) is 20.8 Å². The van der Waals surface area contributed by atoms with Gasteiger partial charge in [0.2, 0.25) is 5.91 Å². The second-order valence-electron chi connectivity index (χ2n) is 5.39. The van der Waals surface area contributed by atoms with Crippen LogP contribution in [-0.2, 0) is 11.3 Å². The van der Waals surface area contributed by atoms with Crippen molar-refractivity contribution < 1.29 is 4.79 Å². The van der Waals surface area contributed by atoms with E-state index in [0.717, 1.165) is 5.56 Å². The largest absolute Gasteiger partial charge is 0.340 e. The fourth-order valence-corrected chi connectivity index (χ4v) is 1.45. The molecule has 0 saturated heterocycles. The third kappa shape index (κ3) is 3.82. The number of carbonyl (C=O) groups is 1. The highest BCUT2D eigenvalue weighted by Crippen LogP contribution is 2.19. The van der Waals surface area contributed by atoms with Gasteiger partial charge in [-0.15, -0.1) is 0 Å². The lowest BCUT2D eigenvalue weighted by Gasteiger charge is -2.30. The number of rotatable bonds is 3. The summed E-state index contributed by atoms with van der Waals surface area (Å²) >= 11 is 0. The van der Waals surface area contributed by atoms with Gasteiger partial charge >= 0.3 is 0 Å². The van der Waals surface area contributed by atoms with E-state index in [1.807, 2.05) is 32.9 Å². The number of nitrogens with zero attached hydrogens (tertiary/aromatic N) is 2. The van der Waals surface area contributed by atoms with Gasteiger partial charge in [0.1, 0.15) is 0 Å². The molecule has 0 spiro atoms. The zero-order valence-corrected chi connectivity index (χ0v) is 11.0. The Morgan fingerprint density at radius 3 is 2.41 bits per heavy atom. The maximum atomic E-state index is 12.1. The second kappa shape index (κ2) is 5.27. The first-order valence-corrected chi connectivity index (χ1v) is 5.72. The highest BCUT2D eigenvalue weighted by Gasteiger charge is 2.29. The summed E-state index contributed by atoms with van der Waals surface area (Å²) in [6.07, 6.45) is 3.44. The molecule has 1 atom stereocenters. The summed E-state index contributed by atoms with van der Waals surface area (Å²) in [4.78, 5) is 17.7. The highest BCUT2D eigenvalue weighted by molar-refractivity contribution is 5.82. The monoisotopic (exact) mass is 235 g/mol. The van der Waals surface area contributed by atoms with Crippen molar-refractivity contribution in [3.05, 3.63) is 30.1 Å². The number of aromatic nitrogens is 1. The van der Waals surface area contributed by atoms with Crippen molar-refractivity contribution >= 4 is 5.91 Å². The Bertz CT molecular complexity index is 370. The van der Waals surface area contributed by atoms with Crippen LogP contribution >= 0.6 is 0 Å². The molecule has 0 aliphatic heterocycles. The van der Waals surface area contributed by atoms with Gasteiger partial charge in [-0.3, -0.25) is 9.78 Å². The number of amides is 1. The highest BCUT2D eigenvalue weighted by atomic mass is 16.2. The van der Waals surface area contributed by atoms with Crippen LogP contribution in [0.3, 0.4) is 0 Å². The molecule has 1 aromatic rings. The molecule has 4 heteroatoms. The van der Waals surface area contributed by atoms with Gasteiger partial charge in [0.25, 0.3) is 0 Å². The van der Waals surface area contributed by atoms with Crippen LogP contribution in [0.4, 0.5) is 0 Å². The molecule has 17 heavy (non-hydrogen) atoms. The molecule has 0 aliphatic rings. The lowest BCUT2D eigenvalue weighted by molar-refractivity contribution is -0.134. The molecule has 0 saturated carbocycles. The Morgan fingerprint density at radius 2 is 1.94 bits per heavy atom. The fraction of sp³-hybridized carbons (Fsp3) is 0.538. The average molecular weight is 235 g/mol. The molecule has 0 radical (unpaired) electrons. The number of nitrogens with two attached hydrogens (primary N) is 1. The smallest absolute Gasteiger partial charge is 0.240 e. The van der Waals surface area contributed by atoms with E-state index in [4.69, 9.17) is 5.73 Å². The summed E-state index contributed by atoms with van der Waals surface area (Å²) in [7, 11) is 1.77. The fourth-order valence-electron chi connectivity index (χ4n) is 1.45. The number of pyridine rings is 1. The van der Waals surface area contributed by atoms with Gasteiger partial charge < -0.3 is 10.6 Å². The lowest BCUT2D eigenvalue weighted by atomic mass is 9.86. The summed E-state index contributed by atoms with van der Waals surface area (Å²) < 4.78 is 0. The maximum Gasteiger partial charge on any atom is 0.240 e. The Kier molecular flexibility index (Phi) is 4.23. The molecule has 1 heterocycles. The average Bonchev–Trinajstić information content (AvgIpc) is 2.27. The topological polar surface area (TPSA) is 59.2 Å². The molecule has 1 unspecified atom stereocenters. The number of likely N-dealkylation sites (N-methyl/N-ethyl adjacent to an activating group) is 1. The number of hydrogen-bond acceptors (Lipinski definition) is 3. The van der Waals surface area contributed by atoms with E-state index in [0.29, 0.717) is 6.54 Å². The van der Waals surface area contributed by atoms with Crippen LogP contribution in [-0.4, -0.2) is 28.9 Å². The van der Waals surface area contributed by atoms with Gasteiger partial charge in [-0.2, -0.15) is 0 Å². The van der Waals surface area contributed by atoms with Crippen molar-refractivity contribution in [2.75, 3.05) is 7.05 Å². The normalized spacial score (nSPS) is 13.2. The first-order chi connectivity index (χ1) is 7.82. The summed E-state index contributed by atoms with van der Waals surface area (Å²) in [5, 5.41) is 0. The molecule has 1 amide bonds. The molecule has 0 aromatic carbocycles. The molecule has 4 nitrogen and oxygen atoms in total. The molecule has 94 valence electrons. The molecule has 0 fully saturated rings. The summed E-state index contributed by atoms with van der Waals surface area (Å²) in [5.74, 6) is -0.0330. The number of hydrogen-bond donors (Lipinski definition) is 1. The van der Waals surface area contributed by atoms with Crippen LogP contribution in [0, 0.1) is 5.41 Å². The SMILES string of the molecule is CN(Cc1ccncc1)C(=O)C(N)C(C)(C)C. The second-order valence-corrected chi connectivity index (χ2v) is 5.39. The molecular weight excluding hydrogens is 214 g/mol. The predicted octanol–water partition coefficient (Wildman–Crippen LogP) is 1.41. The summed E-state index contributed by atoms with van der Waals surface area (Å²) in [5.41, 5.74) is 6.78. The van der Waals surface area contributed by atoms with Gasteiger partial charge in [0, 0.05) is 26.0 Å². The van der Waals surface area contributed by atoms with Crippen LogP contribution < -0.4 is 5.73 Å². The Labute approximate surface area is 103 Å². The van der Waals surface area contributed by atoms with E-state index < -0.39 is 6.04 Å². The van der Waals surface area contributed by atoms with Gasteiger partial charge in [-0.05, 0) is 23.1 Å². The third-order valence-electron chi connectivity index (χ3n) is 2.74. The molecule has 1 aromatic heterocycles. The molecular formula is C13H21N3O. The molecule has 2 N–H and O–H groups in total. The minimum atomic E-state index is -0.477. The van der Waals surface area contributed by atoms with Crippen LogP contribution in [0.2, 0.25) is 0 Å². The minimum absolute atomic E-state index is 0.0330. The van der Waals surface area contributed by atoms with E-state index >= 15 is 0 Å². The third-order valence-corrected chi connectivity index (χ3v) is 2.74. The van der Waals surface area contributed by atoms with Crippen LogP contribution in [0.5, 0.6) is 0 Å². The zero-order chi connectivity index (χ0) is 13.1. The van der Waals surface area contributed by atoms with E-state index in [-0.39, 0.29) is 11.3 Å². The van der Waals surface area contributed by atoms with Gasteiger partial charge in [0.15, 0.2) is 0 Å². The van der Waals surface area contributed by atoms with E-state index in [1.54, 1.807) is 24.3 Å². The lowest BCUT2D eigenvalue weighted by Crippen LogP contribution is -2.48. The Morgan fingerprint density at radius 1 is 1.41 bits per heavy atom. The van der Waals surface area contributed by atoms with Crippen molar-refractivity contribution in [2.45, 2.75) is 33.4 Å². The first-order valence-electron chi connectivity index (χ1n) is 5.72. The maximum absolute atomic E-state index is 12.1. The van der Waals surface area contributed by atoms with Crippen molar-refractivity contribution in [1.82, 2.24) is 9.88 Å². The quantitative estimate of drug-likeness (QED) is 0.861. The Hall–Kier alpha value is -1.42. The van der Waals surface area contributed by atoms with Crippen molar-refractivity contribution in [1.29, 1.82) is 0 Å². The van der Waals surface area contributed by atoms with Crippen LogP contribution in [0.25, 0.3) is 0 Å². The van der Waals surface area contributed by atoms with Gasteiger partial charge in [0.05, 0.1) is 6.04 Å². The molecule has 1 rings (SSSR count). The molecule has 0 bridgehead atoms. The van der Waals surface area contributed by atoms with Crippen molar-refractivity contribution in [2.24, 2.45) is 11.1 Å². The Balaban J connectivity index is 2.65. The van der Waals surface area contributed by atoms with Crippen molar-refractivity contribution in [3.63, 3.8) is 0 Å². The summed E-state index contributed by atoms with van der Waals surface area (Å²) in [6.45, 7) is 6.46. The van der Waals surface area contributed by atoms with Crippen molar-refractivity contribution in [3.8, 4) is 0 Å². The van der Waals surface area contributed by atoms with E-state index in [9.17, 15) is 4.79 Å². The standard InChI is InChI=1S/C13H21N3O/c1-13(2,3)11(14)12(17)16(4)9-10-5-7-15-8-6-10/h5-8,11H,9,14H2,1-4H3. The van der Waals surface area contributed by atoms with Crippen LogP contribution in [0.1, 0.15) is 26.3 Å². The predicted molar refractivity (Wildman–Crippen MR) is 68.1 cm³/mol. The van der Waals surface area contributed by atoms with Gasteiger partial charge in [-0.25, -0.2) is 0 Å². The summed E-state index contributed by atoms with van der Waals surface area (Å²) in [6, 6.07) is 3.31. The van der Waals surface area contributed by atoms with E-state index in [1.165, 1.54) is 0 Å². The zero-order valence-electron chi connectivity index (χ0n) is 11.0. The van der Waals surface area contributed by atoms with Crippen LogP contribution in [0.15, 0.2) is 24.5 Å². The number of carbonyl (C=O) groups excluding carboxylic acids is 1. The minimum Gasteiger partial charge on any atom is -0.340 e.